The van der Waals surface area contributed by atoms with Crippen LogP contribution in [0.4, 0.5) is 0 Å². The molecule has 7 heteroatoms. The van der Waals surface area contributed by atoms with Crippen molar-refractivity contribution in [2.45, 2.75) is 26.3 Å². The van der Waals surface area contributed by atoms with E-state index in [2.05, 4.69) is 20.3 Å². The molecule has 0 aliphatic heterocycles. The standard InChI is InChI=1S/C8H14N4O2.ClH/c1-5-6(12-14-11-5)7(13)10-8(2,3)4-9;/h4,9H2,1-3H3,(H,10,13);1H. The third kappa shape index (κ3) is 3.49. The van der Waals surface area contributed by atoms with Gasteiger partial charge in [-0.3, -0.25) is 4.79 Å². The summed E-state index contributed by atoms with van der Waals surface area (Å²) in [5.74, 6) is -0.320. The number of halogens is 1. The summed E-state index contributed by atoms with van der Waals surface area (Å²) < 4.78 is 4.42. The molecule has 1 amide bonds. The Morgan fingerprint density at radius 2 is 2.13 bits per heavy atom. The van der Waals surface area contributed by atoms with E-state index in [1.807, 2.05) is 13.8 Å². The summed E-state index contributed by atoms with van der Waals surface area (Å²) in [6.45, 7) is 5.66. The van der Waals surface area contributed by atoms with Gasteiger partial charge in [-0.25, -0.2) is 4.63 Å². The molecule has 86 valence electrons. The lowest BCUT2D eigenvalue weighted by molar-refractivity contribution is 0.0905. The van der Waals surface area contributed by atoms with Gasteiger partial charge in [0.15, 0.2) is 5.69 Å². The summed E-state index contributed by atoms with van der Waals surface area (Å²) in [6.07, 6.45) is 0. The van der Waals surface area contributed by atoms with Crippen molar-refractivity contribution in [3.8, 4) is 0 Å². The molecule has 0 saturated carbocycles. The lowest BCUT2D eigenvalue weighted by Gasteiger charge is -2.23. The van der Waals surface area contributed by atoms with Gasteiger partial charge >= 0.3 is 0 Å². The predicted octanol–water partition coefficient (Wildman–Crippen LogP) is 0.267. The van der Waals surface area contributed by atoms with Gasteiger partial charge in [0.2, 0.25) is 0 Å². The van der Waals surface area contributed by atoms with Gasteiger partial charge in [-0.05, 0) is 25.9 Å². The molecule has 0 aliphatic rings. The number of carbonyl (C=O) groups is 1. The van der Waals surface area contributed by atoms with E-state index in [1.165, 1.54) is 0 Å². The summed E-state index contributed by atoms with van der Waals surface area (Å²) in [6, 6.07) is 0. The quantitative estimate of drug-likeness (QED) is 0.783. The fourth-order valence-corrected chi connectivity index (χ4v) is 0.855. The van der Waals surface area contributed by atoms with Crippen LogP contribution in [-0.4, -0.2) is 28.3 Å². The molecule has 0 aromatic carbocycles. The second-order valence-corrected chi connectivity index (χ2v) is 3.74. The third-order valence-corrected chi connectivity index (χ3v) is 1.83. The number of nitrogens with two attached hydrogens (primary N) is 1. The number of hydrogen-bond donors (Lipinski definition) is 2. The molecule has 1 aromatic heterocycles. The van der Waals surface area contributed by atoms with Crippen LogP contribution in [0.5, 0.6) is 0 Å². The van der Waals surface area contributed by atoms with Gasteiger partial charge in [0, 0.05) is 12.1 Å². The van der Waals surface area contributed by atoms with Crippen molar-refractivity contribution in [2.24, 2.45) is 5.73 Å². The van der Waals surface area contributed by atoms with E-state index in [4.69, 9.17) is 5.73 Å². The highest BCUT2D eigenvalue weighted by atomic mass is 35.5. The van der Waals surface area contributed by atoms with Crippen LogP contribution in [-0.2, 0) is 0 Å². The molecule has 0 radical (unpaired) electrons. The van der Waals surface area contributed by atoms with Crippen molar-refractivity contribution in [3.05, 3.63) is 11.4 Å². The number of carbonyl (C=O) groups excluding carboxylic acids is 1. The number of hydrogen-bond acceptors (Lipinski definition) is 5. The summed E-state index contributed by atoms with van der Waals surface area (Å²) >= 11 is 0. The van der Waals surface area contributed by atoms with E-state index in [0.29, 0.717) is 12.2 Å². The first-order chi connectivity index (χ1) is 6.46. The van der Waals surface area contributed by atoms with E-state index in [-0.39, 0.29) is 24.0 Å². The van der Waals surface area contributed by atoms with Crippen LogP contribution in [0, 0.1) is 6.92 Å². The zero-order chi connectivity index (χ0) is 10.8. The molecule has 0 spiro atoms. The summed E-state index contributed by atoms with van der Waals surface area (Å²) in [4.78, 5) is 11.6. The minimum atomic E-state index is -0.456. The Morgan fingerprint density at radius 3 is 2.53 bits per heavy atom. The lowest BCUT2D eigenvalue weighted by atomic mass is 10.1. The molecule has 15 heavy (non-hydrogen) atoms. The smallest absolute Gasteiger partial charge is 0.275 e. The average Bonchev–Trinajstić information content (AvgIpc) is 2.51. The van der Waals surface area contributed by atoms with E-state index >= 15 is 0 Å². The van der Waals surface area contributed by atoms with Gasteiger partial charge in [0.1, 0.15) is 5.69 Å². The van der Waals surface area contributed by atoms with Crippen molar-refractivity contribution in [3.63, 3.8) is 0 Å². The van der Waals surface area contributed by atoms with Crippen molar-refractivity contribution < 1.29 is 9.42 Å². The number of amides is 1. The predicted molar refractivity (Wildman–Crippen MR) is 56.9 cm³/mol. The van der Waals surface area contributed by atoms with Crippen molar-refractivity contribution >= 4 is 18.3 Å². The molecular weight excluding hydrogens is 220 g/mol. The largest absolute Gasteiger partial charge is 0.344 e. The third-order valence-electron chi connectivity index (χ3n) is 1.83. The Kier molecular flexibility index (Phi) is 4.70. The van der Waals surface area contributed by atoms with Crippen LogP contribution in [0.2, 0.25) is 0 Å². The van der Waals surface area contributed by atoms with Gasteiger partial charge in [0.25, 0.3) is 5.91 Å². The first-order valence-electron chi connectivity index (χ1n) is 4.28. The van der Waals surface area contributed by atoms with E-state index in [9.17, 15) is 4.79 Å². The van der Waals surface area contributed by atoms with Crippen LogP contribution >= 0.6 is 12.4 Å². The monoisotopic (exact) mass is 234 g/mol. The summed E-state index contributed by atoms with van der Waals surface area (Å²) in [5, 5.41) is 9.73. The second-order valence-electron chi connectivity index (χ2n) is 3.74. The minimum absolute atomic E-state index is 0. The first kappa shape index (κ1) is 13.9. The van der Waals surface area contributed by atoms with Gasteiger partial charge in [-0.15, -0.1) is 12.4 Å². The molecule has 0 aliphatic carbocycles. The normalized spacial score (nSPS) is 10.7. The fourth-order valence-electron chi connectivity index (χ4n) is 0.855. The zero-order valence-corrected chi connectivity index (χ0v) is 9.72. The fraction of sp³-hybridized carbons (Fsp3) is 0.625. The topological polar surface area (TPSA) is 94.0 Å². The SMILES string of the molecule is Cc1nonc1C(=O)NC(C)(C)CN.Cl. The Labute approximate surface area is 94.0 Å². The molecular formula is C8H15ClN4O2. The molecule has 0 atom stereocenters. The van der Waals surface area contributed by atoms with Crippen molar-refractivity contribution in [1.82, 2.24) is 15.6 Å². The minimum Gasteiger partial charge on any atom is -0.344 e. The second kappa shape index (κ2) is 5.09. The van der Waals surface area contributed by atoms with Crippen LogP contribution in [0.15, 0.2) is 4.63 Å². The van der Waals surface area contributed by atoms with Crippen LogP contribution in [0.3, 0.4) is 0 Å². The van der Waals surface area contributed by atoms with Gasteiger partial charge in [-0.1, -0.05) is 5.16 Å². The molecule has 1 aromatic rings. The number of nitrogens with zero attached hydrogens (tertiary/aromatic N) is 2. The molecule has 0 bridgehead atoms. The highest BCUT2D eigenvalue weighted by molar-refractivity contribution is 5.93. The van der Waals surface area contributed by atoms with Crippen LogP contribution < -0.4 is 11.1 Å². The summed E-state index contributed by atoms with van der Waals surface area (Å²) in [5.41, 5.74) is 5.68. The Balaban J connectivity index is 0.00000196. The lowest BCUT2D eigenvalue weighted by Crippen LogP contribution is -2.49. The molecule has 6 nitrogen and oxygen atoms in total. The molecule has 0 fully saturated rings. The maximum Gasteiger partial charge on any atom is 0.275 e. The van der Waals surface area contributed by atoms with Gasteiger partial charge in [0.05, 0.1) is 0 Å². The highest BCUT2D eigenvalue weighted by Crippen LogP contribution is 2.04. The van der Waals surface area contributed by atoms with Crippen LogP contribution in [0.1, 0.15) is 30.0 Å². The highest BCUT2D eigenvalue weighted by Gasteiger charge is 2.22. The average molecular weight is 235 g/mol. The van der Waals surface area contributed by atoms with Crippen molar-refractivity contribution in [2.75, 3.05) is 6.54 Å². The molecule has 1 heterocycles. The van der Waals surface area contributed by atoms with E-state index in [0.717, 1.165) is 0 Å². The zero-order valence-electron chi connectivity index (χ0n) is 8.90. The molecule has 0 saturated heterocycles. The van der Waals surface area contributed by atoms with Crippen LogP contribution in [0.25, 0.3) is 0 Å². The van der Waals surface area contributed by atoms with Crippen molar-refractivity contribution in [1.29, 1.82) is 0 Å². The Morgan fingerprint density at radius 1 is 1.53 bits per heavy atom. The molecule has 1 rings (SSSR count). The maximum absolute atomic E-state index is 11.6. The Hall–Kier alpha value is -1.14. The van der Waals surface area contributed by atoms with Gasteiger partial charge < -0.3 is 11.1 Å². The van der Waals surface area contributed by atoms with E-state index in [1.54, 1.807) is 6.92 Å². The Bertz CT molecular complexity index is 337. The number of rotatable bonds is 3. The maximum atomic E-state index is 11.6. The van der Waals surface area contributed by atoms with E-state index < -0.39 is 5.54 Å². The summed E-state index contributed by atoms with van der Waals surface area (Å²) in [7, 11) is 0. The molecule has 3 N–H and O–H groups in total. The number of aromatic nitrogens is 2. The first-order valence-corrected chi connectivity index (χ1v) is 4.28. The number of nitrogens with one attached hydrogen (secondary N) is 1. The molecule has 0 unspecified atom stereocenters. The van der Waals surface area contributed by atoms with Gasteiger partial charge in [-0.2, -0.15) is 0 Å². The number of aryl methyl sites for hydroxylation is 1.